The lowest BCUT2D eigenvalue weighted by Gasteiger charge is -2.09. The fraction of sp³-hybridized carbons (Fsp3) is 0.105. The lowest BCUT2D eigenvalue weighted by molar-refractivity contribution is -0.114. The predicted octanol–water partition coefficient (Wildman–Crippen LogP) is 3.40. The van der Waals surface area contributed by atoms with E-state index in [0.29, 0.717) is 10.8 Å². The molecule has 0 saturated carbocycles. The van der Waals surface area contributed by atoms with Crippen LogP contribution in [0.1, 0.15) is 23.0 Å². The highest BCUT2D eigenvalue weighted by Gasteiger charge is 2.17. The van der Waals surface area contributed by atoms with Crippen molar-refractivity contribution in [2.75, 3.05) is 10.0 Å². The summed E-state index contributed by atoms with van der Waals surface area (Å²) in [7, 11) is -3.99. The van der Waals surface area contributed by atoms with Crippen LogP contribution in [0.3, 0.4) is 0 Å². The first kappa shape index (κ1) is 21.4. The number of esters is 1. The highest BCUT2D eigenvalue weighted by Crippen LogP contribution is 2.19. The lowest BCUT2D eigenvalue weighted by Crippen LogP contribution is -2.14. The summed E-state index contributed by atoms with van der Waals surface area (Å²) in [5.74, 6) is -1.49. The van der Waals surface area contributed by atoms with Crippen molar-refractivity contribution < 1.29 is 27.1 Å². The molecule has 1 amide bonds. The summed E-state index contributed by atoms with van der Waals surface area (Å²) in [4.78, 5) is 27.3. The van der Waals surface area contributed by atoms with E-state index in [9.17, 15) is 22.4 Å². The Morgan fingerprint density at radius 2 is 1.90 bits per heavy atom. The molecule has 2 aromatic carbocycles. The van der Waals surface area contributed by atoms with Gasteiger partial charge in [0, 0.05) is 18.0 Å². The number of sulfonamides is 1. The highest BCUT2D eigenvalue weighted by molar-refractivity contribution is 7.92. The van der Waals surface area contributed by atoms with Gasteiger partial charge in [0.1, 0.15) is 12.4 Å². The highest BCUT2D eigenvalue weighted by atomic mass is 32.2. The summed E-state index contributed by atoms with van der Waals surface area (Å²) in [6.07, 6.45) is 0. The van der Waals surface area contributed by atoms with Crippen molar-refractivity contribution in [3.05, 3.63) is 71.0 Å². The number of nitrogens with zero attached hydrogens (tertiary/aromatic N) is 1. The monoisotopic (exact) mass is 449 g/mol. The number of nitrogens with one attached hydrogen (secondary N) is 2. The molecule has 11 heteroatoms. The first-order valence-corrected chi connectivity index (χ1v) is 10.9. The Kier molecular flexibility index (Phi) is 6.43. The van der Waals surface area contributed by atoms with Crippen LogP contribution in [-0.2, 0) is 26.2 Å². The van der Waals surface area contributed by atoms with Gasteiger partial charge in [-0.25, -0.2) is 22.6 Å². The molecule has 0 bridgehead atoms. The molecule has 0 spiro atoms. The summed E-state index contributed by atoms with van der Waals surface area (Å²) in [6.45, 7) is 1.22. The Hall–Kier alpha value is -3.31. The van der Waals surface area contributed by atoms with Crippen LogP contribution < -0.4 is 10.0 Å². The molecule has 8 nitrogen and oxygen atoms in total. The van der Waals surface area contributed by atoms with E-state index in [1.165, 1.54) is 54.7 Å². The van der Waals surface area contributed by atoms with Crippen molar-refractivity contribution in [2.24, 2.45) is 0 Å². The third kappa shape index (κ3) is 5.61. The summed E-state index contributed by atoms with van der Waals surface area (Å²) in [5, 5.41) is 4.54. The Morgan fingerprint density at radius 1 is 1.17 bits per heavy atom. The second-order valence-corrected chi connectivity index (χ2v) is 8.58. The van der Waals surface area contributed by atoms with Gasteiger partial charge in [0.05, 0.1) is 16.2 Å². The zero-order chi connectivity index (χ0) is 21.7. The Bertz CT molecular complexity index is 1180. The molecule has 1 aromatic heterocycles. The largest absolute Gasteiger partial charge is 0.456 e. The number of carbonyl (C=O) groups excluding carboxylic acids is 2. The van der Waals surface area contributed by atoms with Gasteiger partial charge in [-0.1, -0.05) is 6.07 Å². The number of thiazole rings is 1. The average molecular weight is 449 g/mol. The number of halogens is 1. The van der Waals surface area contributed by atoms with Gasteiger partial charge in [0.2, 0.25) is 5.91 Å². The molecular weight excluding hydrogens is 433 g/mol. The summed E-state index contributed by atoms with van der Waals surface area (Å²) in [6, 6.07) is 10.2. The molecule has 0 aliphatic heterocycles. The van der Waals surface area contributed by atoms with Crippen LogP contribution in [-0.4, -0.2) is 25.3 Å². The van der Waals surface area contributed by atoms with Crippen molar-refractivity contribution in [1.29, 1.82) is 0 Å². The first-order valence-electron chi connectivity index (χ1n) is 8.50. The van der Waals surface area contributed by atoms with Gasteiger partial charge in [0.15, 0.2) is 5.13 Å². The molecule has 3 rings (SSSR count). The maximum Gasteiger partial charge on any atom is 0.338 e. The van der Waals surface area contributed by atoms with E-state index in [4.69, 9.17) is 4.74 Å². The zero-order valence-corrected chi connectivity index (χ0v) is 17.2. The van der Waals surface area contributed by atoms with Crippen LogP contribution in [0.5, 0.6) is 0 Å². The van der Waals surface area contributed by atoms with Gasteiger partial charge in [-0.15, -0.1) is 11.3 Å². The van der Waals surface area contributed by atoms with E-state index in [-0.39, 0.29) is 28.7 Å². The maximum atomic E-state index is 13.0. The third-order valence-electron chi connectivity index (χ3n) is 3.66. The van der Waals surface area contributed by atoms with Crippen LogP contribution in [0.2, 0.25) is 0 Å². The number of aromatic nitrogens is 1. The van der Waals surface area contributed by atoms with Crippen molar-refractivity contribution in [1.82, 2.24) is 4.98 Å². The fourth-order valence-electron chi connectivity index (χ4n) is 2.33. The minimum absolute atomic E-state index is 0.0364. The van der Waals surface area contributed by atoms with Crippen LogP contribution in [0, 0.1) is 5.82 Å². The van der Waals surface area contributed by atoms with Crippen molar-refractivity contribution in [2.45, 2.75) is 18.4 Å². The zero-order valence-electron chi connectivity index (χ0n) is 15.6. The number of amides is 1. The van der Waals surface area contributed by atoms with Gasteiger partial charge in [-0.2, -0.15) is 0 Å². The number of anilines is 2. The molecule has 0 saturated heterocycles. The normalized spacial score (nSPS) is 11.0. The molecule has 30 heavy (non-hydrogen) atoms. The molecule has 156 valence electrons. The van der Waals surface area contributed by atoms with Gasteiger partial charge in [-0.05, 0) is 42.5 Å². The third-order valence-corrected chi connectivity index (χ3v) is 5.85. The molecule has 0 unspecified atom stereocenters. The van der Waals surface area contributed by atoms with Crippen molar-refractivity contribution in [3.63, 3.8) is 0 Å². The second-order valence-electron chi connectivity index (χ2n) is 6.04. The smallest absolute Gasteiger partial charge is 0.338 e. The number of rotatable bonds is 7. The Balaban J connectivity index is 1.67. The Labute approximate surface area is 175 Å². The molecule has 3 aromatic rings. The summed E-state index contributed by atoms with van der Waals surface area (Å²) >= 11 is 1.19. The topological polar surface area (TPSA) is 114 Å². The molecule has 0 radical (unpaired) electrons. The van der Waals surface area contributed by atoms with E-state index in [1.54, 1.807) is 5.38 Å². The maximum absolute atomic E-state index is 13.0. The van der Waals surface area contributed by atoms with Crippen LogP contribution in [0.15, 0.2) is 58.8 Å². The standard InChI is InChI=1S/C19H16FN3O5S2/c1-12(24)21-19-22-16(11-29-19)10-28-18(25)13-3-2-4-17(9-13)30(26,27)23-15-7-5-14(20)6-8-15/h2-9,11,23H,10H2,1H3,(H,21,22,24). The minimum atomic E-state index is -3.99. The van der Waals surface area contributed by atoms with E-state index >= 15 is 0 Å². The van der Waals surface area contributed by atoms with Gasteiger partial charge >= 0.3 is 5.97 Å². The van der Waals surface area contributed by atoms with Crippen LogP contribution in [0.4, 0.5) is 15.2 Å². The van der Waals surface area contributed by atoms with E-state index in [2.05, 4.69) is 15.0 Å². The van der Waals surface area contributed by atoms with Crippen LogP contribution >= 0.6 is 11.3 Å². The van der Waals surface area contributed by atoms with Crippen molar-refractivity contribution in [3.8, 4) is 0 Å². The van der Waals surface area contributed by atoms with Gasteiger partial charge in [0.25, 0.3) is 10.0 Å². The van der Waals surface area contributed by atoms with Crippen molar-refractivity contribution >= 4 is 44.1 Å². The summed E-state index contributed by atoms with van der Waals surface area (Å²) < 4.78 is 45.5. The first-order chi connectivity index (χ1) is 14.2. The minimum Gasteiger partial charge on any atom is -0.456 e. The van der Waals surface area contributed by atoms with Crippen LogP contribution in [0.25, 0.3) is 0 Å². The number of benzene rings is 2. The molecular formula is C19H16FN3O5S2. The number of hydrogen-bond acceptors (Lipinski definition) is 7. The molecule has 0 aliphatic rings. The summed E-state index contributed by atoms with van der Waals surface area (Å²) in [5.41, 5.74) is 0.663. The van der Waals surface area contributed by atoms with E-state index in [0.717, 1.165) is 12.1 Å². The van der Waals surface area contributed by atoms with Gasteiger partial charge in [-0.3, -0.25) is 9.52 Å². The number of ether oxygens (including phenoxy) is 1. The SMILES string of the molecule is CC(=O)Nc1nc(COC(=O)c2cccc(S(=O)(=O)Nc3ccc(F)cc3)c2)cs1. The lowest BCUT2D eigenvalue weighted by atomic mass is 10.2. The predicted molar refractivity (Wildman–Crippen MR) is 109 cm³/mol. The average Bonchev–Trinajstić information content (AvgIpc) is 3.14. The molecule has 0 atom stereocenters. The fourth-order valence-corrected chi connectivity index (χ4v) is 4.17. The number of carbonyl (C=O) groups is 2. The second kappa shape index (κ2) is 9.01. The number of hydrogen-bond donors (Lipinski definition) is 2. The molecule has 0 aliphatic carbocycles. The molecule has 2 N–H and O–H groups in total. The molecule has 1 heterocycles. The molecule has 0 fully saturated rings. The van der Waals surface area contributed by atoms with Gasteiger partial charge < -0.3 is 10.1 Å². The quantitative estimate of drug-likeness (QED) is 0.535. The van der Waals surface area contributed by atoms with E-state index in [1.807, 2.05) is 0 Å². The van der Waals surface area contributed by atoms with E-state index < -0.39 is 21.8 Å². The Morgan fingerprint density at radius 3 is 2.60 bits per heavy atom.